The summed E-state index contributed by atoms with van der Waals surface area (Å²) < 4.78 is 7.58. The molecule has 2 unspecified atom stereocenters. The van der Waals surface area contributed by atoms with Gasteiger partial charge in [-0.05, 0) is 25.0 Å². The molecule has 20 heavy (non-hydrogen) atoms. The number of nitrogens with zero attached hydrogens (tertiary/aromatic N) is 4. The molecule has 0 saturated carbocycles. The van der Waals surface area contributed by atoms with E-state index in [-0.39, 0.29) is 18.9 Å². The van der Waals surface area contributed by atoms with Gasteiger partial charge >= 0.3 is 0 Å². The van der Waals surface area contributed by atoms with E-state index in [1.165, 1.54) is 0 Å². The molecule has 0 radical (unpaired) electrons. The average Bonchev–Trinajstić information content (AvgIpc) is 3.10. The Morgan fingerprint density at radius 3 is 3.10 bits per heavy atom. The minimum absolute atomic E-state index is 0.0578. The van der Waals surface area contributed by atoms with Crippen LogP contribution in [-0.4, -0.2) is 43.3 Å². The van der Waals surface area contributed by atoms with E-state index in [0.717, 1.165) is 41.1 Å². The van der Waals surface area contributed by atoms with Crippen molar-refractivity contribution < 1.29 is 9.84 Å². The second-order valence-corrected chi connectivity index (χ2v) is 5.91. The molecule has 1 fully saturated rings. The first-order valence-electron chi connectivity index (χ1n) is 6.90. The van der Waals surface area contributed by atoms with Gasteiger partial charge in [0.15, 0.2) is 11.9 Å². The third kappa shape index (κ3) is 2.53. The standard InChI is InChI=1S/C13H18N4O2S/c1-2-5-20-13-10-6-16-17(12(10)14-8-15-13)11-4-3-9(7-18)19-11/h6,8-9,11,18H,2-5,7H2,1H3. The van der Waals surface area contributed by atoms with Crippen LogP contribution in [0.1, 0.15) is 32.4 Å². The maximum Gasteiger partial charge on any atom is 0.164 e. The normalized spacial score (nSPS) is 22.7. The number of hydrogen-bond donors (Lipinski definition) is 1. The van der Waals surface area contributed by atoms with E-state index in [0.29, 0.717) is 0 Å². The van der Waals surface area contributed by atoms with E-state index in [2.05, 4.69) is 22.0 Å². The van der Waals surface area contributed by atoms with Crippen LogP contribution in [0.3, 0.4) is 0 Å². The molecular weight excluding hydrogens is 276 g/mol. The van der Waals surface area contributed by atoms with Gasteiger partial charge in [0.2, 0.25) is 0 Å². The molecule has 108 valence electrons. The molecule has 0 spiro atoms. The van der Waals surface area contributed by atoms with Crippen molar-refractivity contribution in [1.82, 2.24) is 19.7 Å². The minimum Gasteiger partial charge on any atom is -0.394 e. The zero-order valence-electron chi connectivity index (χ0n) is 11.4. The number of aromatic nitrogens is 4. The first-order valence-corrected chi connectivity index (χ1v) is 7.89. The van der Waals surface area contributed by atoms with Crippen LogP contribution >= 0.6 is 11.8 Å². The largest absolute Gasteiger partial charge is 0.394 e. The quantitative estimate of drug-likeness (QED) is 0.671. The Balaban J connectivity index is 1.90. The van der Waals surface area contributed by atoms with E-state index in [1.807, 2.05) is 10.9 Å². The van der Waals surface area contributed by atoms with E-state index in [1.54, 1.807) is 18.1 Å². The first kappa shape index (κ1) is 13.8. The fourth-order valence-electron chi connectivity index (χ4n) is 2.37. The molecule has 1 saturated heterocycles. The van der Waals surface area contributed by atoms with Crippen molar-refractivity contribution in [1.29, 1.82) is 0 Å². The van der Waals surface area contributed by atoms with Crippen LogP contribution in [0.4, 0.5) is 0 Å². The maximum atomic E-state index is 9.15. The monoisotopic (exact) mass is 294 g/mol. The Labute approximate surface area is 121 Å². The Morgan fingerprint density at radius 1 is 1.45 bits per heavy atom. The lowest BCUT2D eigenvalue weighted by molar-refractivity contribution is -0.0262. The fourth-order valence-corrected chi connectivity index (χ4v) is 3.18. The lowest BCUT2D eigenvalue weighted by atomic mass is 10.2. The first-order chi connectivity index (χ1) is 9.83. The van der Waals surface area contributed by atoms with Crippen molar-refractivity contribution in [2.45, 2.75) is 43.5 Å². The number of aliphatic hydroxyl groups excluding tert-OH is 1. The Morgan fingerprint density at radius 2 is 2.35 bits per heavy atom. The number of thioether (sulfide) groups is 1. The van der Waals surface area contributed by atoms with Crippen LogP contribution in [-0.2, 0) is 4.74 Å². The van der Waals surface area contributed by atoms with Crippen LogP contribution < -0.4 is 0 Å². The molecular formula is C13H18N4O2S. The molecule has 3 rings (SSSR count). The highest BCUT2D eigenvalue weighted by Crippen LogP contribution is 2.31. The van der Waals surface area contributed by atoms with Crippen molar-refractivity contribution in [3.05, 3.63) is 12.5 Å². The van der Waals surface area contributed by atoms with E-state index in [4.69, 9.17) is 9.84 Å². The summed E-state index contributed by atoms with van der Waals surface area (Å²) >= 11 is 1.73. The van der Waals surface area contributed by atoms with Crippen molar-refractivity contribution in [2.24, 2.45) is 0 Å². The number of fused-ring (bicyclic) bond motifs is 1. The summed E-state index contributed by atoms with van der Waals surface area (Å²) in [6.07, 6.45) is 5.97. The van der Waals surface area contributed by atoms with Gasteiger partial charge in [-0.2, -0.15) is 5.10 Å². The zero-order valence-corrected chi connectivity index (χ0v) is 12.2. The maximum absolute atomic E-state index is 9.15. The van der Waals surface area contributed by atoms with Gasteiger partial charge in [-0.25, -0.2) is 14.6 Å². The van der Waals surface area contributed by atoms with E-state index >= 15 is 0 Å². The molecule has 2 aromatic heterocycles. The summed E-state index contributed by atoms with van der Waals surface area (Å²) in [4.78, 5) is 8.67. The van der Waals surface area contributed by atoms with Gasteiger partial charge in [-0.1, -0.05) is 6.92 Å². The molecule has 1 N–H and O–H groups in total. The van der Waals surface area contributed by atoms with Crippen molar-refractivity contribution in [3.8, 4) is 0 Å². The number of hydrogen-bond acceptors (Lipinski definition) is 6. The topological polar surface area (TPSA) is 73.1 Å². The van der Waals surface area contributed by atoms with Gasteiger partial charge < -0.3 is 9.84 Å². The lowest BCUT2D eigenvalue weighted by Gasteiger charge is -2.13. The van der Waals surface area contributed by atoms with Crippen molar-refractivity contribution >= 4 is 22.8 Å². The minimum atomic E-state index is -0.136. The molecule has 7 heteroatoms. The average molecular weight is 294 g/mol. The van der Waals surface area contributed by atoms with E-state index in [9.17, 15) is 0 Å². The SMILES string of the molecule is CCCSc1ncnc2c1cnn2C1CCC(CO)O1. The van der Waals surface area contributed by atoms with Gasteiger partial charge in [0.05, 0.1) is 24.3 Å². The Bertz CT molecular complexity index is 589. The van der Waals surface area contributed by atoms with Crippen LogP contribution in [0.25, 0.3) is 11.0 Å². The number of rotatable bonds is 5. The van der Waals surface area contributed by atoms with Gasteiger partial charge in [0, 0.05) is 0 Å². The van der Waals surface area contributed by atoms with Gasteiger partial charge in [0.25, 0.3) is 0 Å². The lowest BCUT2D eigenvalue weighted by Crippen LogP contribution is -2.15. The predicted octanol–water partition coefficient (Wildman–Crippen LogP) is 2.00. The highest BCUT2D eigenvalue weighted by atomic mass is 32.2. The van der Waals surface area contributed by atoms with Gasteiger partial charge in [0.1, 0.15) is 11.4 Å². The van der Waals surface area contributed by atoms with Crippen molar-refractivity contribution in [2.75, 3.05) is 12.4 Å². The summed E-state index contributed by atoms with van der Waals surface area (Å²) in [5.41, 5.74) is 0.808. The van der Waals surface area contributed by atoms with Crippen LogP contribution in [0.2, 0.25) is 0 Å². The van der Waals surface area contributed by atoms with Crippen molar-refractivity contribution in [3.63, 3.8) is 0 Å². The van der Waals surface area contributed by atoms with Crippen LogP contribution in [0, 0.1) is 0 Å². The smallest absolute Gasteiger partial charge is 0.164 e. The van der Waals surface area contributed by atoms with E-state index < -0.39 is 0 Å². The van der Waals surface area contributed by atoms with Gasteiger partial charge in [-0.15, -0.1) is 11.8 Å². The van der Waals surface area contributed by atoms with Gasteiger partial charge in [-0.3, -0.25) is 0 Å². The molecule has 1 aliphatic rings. The Kier molecular flexibility index (Phi) is 4.18. The number of ether oxygens (including phenoxy) is 1. The molecule has 6 nitrogen and oxygen atoms in total. The summed E-state index contributed by atoms with van der Waals surface area (Å²) in [5.74, 6) is 1.03. The second kappa shape index (κ2) is 6.07. The fraction of sp³-hybridized carbons (Fsp3) is 0.615. The summed E-state index contributed by atoms with van der Waals surface area (Å²) in [5, 5.41) is 15.5. The molecule has 0 amide bonds. The molecule has 0 aliphatic carbocycles. The second-order valence-electron chi connectivity index (χ2n) is 4.83. The molecule has 2 aromatic rings. The van der Waals surface area contributed by atoms with Crippen LogP contribution in [0.5, 0.6) is 0 Å². The molecule has 2 atom stereocenters. The summed E-state index contributed by atoms with van der Waals surface area (Å²) in [7, 11) is 0. The number of aliphatic hydroxyl groups is 1. The highest BCUT2D eigenvalue weighted by Gasteiger charge is 2.28. The predicted molar refractivity (Wildman–Crippen MR) is 76.6 cm³/mol. The Hall–Kier alpha value is -1.18. The highest BCUT2D eigenvalue weighted by molar-refractivity contribution is 7.99. The summed E-state index contributed by atoms with van der Waals surface area (Å²) in [6.45, 7) is 2.21. The third-order valence-electron chi connectivity index (χ3n) is 3.36. The molecule has 0 aromatic carbocycles. The molecule has 0 bridgehead atoms. The zero-order chi connectivity index (χ0) is 13.9. The molecule has 3 heterocycles. The summed E-state index contributed by atoms with van der Waals surface area (Å²) in [6, 6.07) is 0. The molecule has 1 aliphatic heterocycles. The van der Waals surface area contributed by atoms with Crippen LogP contribution in [0.15, 0.2) is 17.6 Å². The third-order valence-corrected chi connectivity index (χ3v) is 4.57.